The maximum Gasteiger partial charge on any atom is 0.0628 e. The van der Waals surface area contributed by atoms with Gasteiger partial charge in [-0.15, -0.1) is 0 Å². The molecule has 0 aliphatic heterocycles. The third kappa shape index (κ3) is 2.84. The van der Waals surface area contributed by atoms with E-state index in [2.05, 4.69) is 18.9 Å². The molecule has 0 amide bonds. The van der Waals surface area contributed by atoms with E-state index >= 15 is 0 Å². The standard InChI is InChI=1S/C11H20N2O/c1-8(2)11(9(3)14)7-10-5-6-13(4)12-10/h5-6,8-9,11,14H,7H2,1-4H3. The van der Waals surface area contributed by atoms with E-state index in [4.69, 9.17) is 0 Å². The van der Waals surface area contributed by atoms with E-state index in [-0.39, 0.29) is 6.10 Å². The van der Waals surface area contributed by atoms with Gasteiger partial charge in [0.2, 0.25) is 0 Å². The van der Waals surface area contributed by atoms with Gasteiger partial charge < -0.3 is 5.11 Å². The summed E-state index contributed by atoms with van der Waals surface area (Å²) >= 11 is 0. The highest BCUT2D eigenvalue weighted by atomic mass is 16.3. The second-order valence-electron chi connectivity index (χ2n) is 4.33. The van der Waals surface area contributed by atoms with Gasteiger partial charge in [0.15, 0.2) is 0 Å². The van der Waals surface area contributed by atoms with Crippen molar-refractivity contribution in [3.63, 3.8) is 0 Å². The number of rotatable bonds is 4. The molecule has 0 spiro atoms. The molecule has 1 aromatic heterocycles. The summed E-state index contributed by atoms with van der Waals surface area (Å²) in [6.45, 7) is 6.13. The van der Waals surface area contributed by atoms with Crippen molar-refractivity contribution in [3.8, 4) is 0 Å². The molecule has 0 aliphatic rings. The van der Waals surface area contributed by atoms with E-state index in [1.807, 2.05) is 26.2 Å². The Morgan fingerprint density at radius 2 is 2.07 bits per heavy atom. The van der Waals surface area contributed by atoms with E-state index < -0.39 is 0 Å². The monoisotopic (exact) mass is 196 g/mol. The Hall–Kier alpha value is -0.830. The number of hydrogen-bond donors (Lipinski definition) is 1. The Kier molecular flexibility index (Phi) is 3.69. The van der Waals surface area contributed by atoms with Gasteiger partial charge in [-0.3, -0.25) is 4.68 Å². The second-order valence-corrected chi connectivity index (χ2v) is 4.33. The van der Waals surface area contributed by atoms with Crippen molar-refractivity contribution in [1.82, 2.24) is 9.78 Å². The zero-order valence-corrected chi connectivity index (χ0v) is 9.44. The summed E-state index contributed by atoms with van der Waals surface area (Å²) in [6.07, 6.45) is 2.53. The van der Waals surface area contributed by atoms with Gasteiger partial charge in [-0.1, -0.05) is 13.8 Å². The van der Waals surface area contributed by atoms with Crippen LogP contribution >= 0.6 is 0 Å². The predicted octanol–water partition coefficient (Wildman–Crippen LogP) is 1.62. The SMILES string of the molecule is CC(C)C(Cc1ccn(C)n1)C(C)O. The molecular weight excluding hydrogens is 176 g/mol. The molecule has 14 heavy (non-hydrogen) atoms. The molecule has 0 saturated heterocycles. The van der Waals surface area contributed by atoms with Gasteiger partial charge in [-0.25, -0.2) is 0 Å². The van der Waals surface area contributed by atoms with Crippen molar-refractivity contribution in [2.24, 2.45) is 18.9 Å². The first-order valence-electron chi connectivity index (χ1n) is 5.17. The van der Waals surface area contributed by atoms with Gasteiger partial charge in [0, 0.05) is 13.2 Å². The molecular formula is C11H20N2O. The molecule has 1 heterocycles. The van der Waals surface area contributed by atoms with Crippen molar-refractivity contribution in [2.75, 3.05) is 0 Å². The van der Waals surface area contributed by atoms with Crippen LogP contribution in [0, 0.1) is 11.8 Å². The van der Waals surface area contributed by atoms with Crippen molar-refractivity contribution in [2.45, 2.75) is 33.3 Å². The van der Waals surface area contributed by atoms with Crippen LogP contribution in [0.1, 0.15) is 26.5 Å². The summed E-state index contributed by atoms with van der Waals surface area (Å²) in [6, 6.07) is 2.01. The van der Waals surface area contributed by atoms with Crippen LogP contribution in [0.2, 0.25) is 0 Å². The molecule has 0 aliphatic carbocycles. The highest BCUT2D eigenvalue weighted by Crippen LogP contribution is 2.19. The second kappa shape index (κ2) is 4.60. The maximum atomic E-state index is 9.62. The summed E-state index contributed by atoms with van der Waals surface area (Å²) in [4.78, 5) is 0. The van der Waals surface area contributed by atoms with Crippen LogP contribution in [0.25, 0.3) is 0 Å². The summed E-state index contributed by atoms with van der Waals surface area (Å²) in [5.41, 5.74) is 1.06. The third-order valence-corrected chi connectivity index (χ3v) is 2.69. The number of aromatic nitrogens is 2. The summed E-state index contributed by atoms with van der Waals surface area (Å²) in [7, 11) is 1.91. The van der Waals surface area contributed by atoms with Crippen LogP contribution < -0.4 is 0 Å². The van der Waals surface area contributed by atoms with E-state index in [0.29, 0.717) is 11.8 Å². The fourth-order valence-corrected chi connectivity index (χ4v) is 1.78. The zero-order valence-electron chi connectivity index (χ0n) is 9.44. The molecule has 2 atom stereocenters. The maximum absolute atomic E-state index is 9.62. The normalized spacial score (nSPS) is 15.9. The lowest BCUT2D eigenvalue weighted by molar-refractivity contribution is 0.0970. The lowest BCUT2D eigenvalue weighted by atomic mass is 9.87. The highest BCUT2D eigenvalue weighted by Gasteiger charge is 2.20. The van der Waals surface area contributed by atoms with Gasteiger partial charge in [0.25, 0.3) is 0 Å². The van der Waals surface area contributed by atoms with Crippen LogP contribution in [0.5, 0.6) is 0 Å². The van der Waals surface area contributed by atoms with E-state index in [1.165, 1.54) is 0 Å². The minimum Gasteiger partial charge on any atom is -0.393 e. The molecule has 0 radical (unpaired) electrons. The lowest BCUT2D eigenvalue weighted by Gasteiger charge is -2.22. The summed E-state index contributed by atoms with van der Waals surface area (Å²) in [5.74, 6) is 0.780. The molecule has 0 saturated carbocycles. The molecule has 3 heteroatoms. The van der Waals surface area contributed by atoms with Crippen molar-refractivity contribution >= 4 is 0 Å². The molecule has 0 fully saturated rings. The van der Waals surface area contributed by atoms with Crippen LogP contribution in [-0.2, 0) is 13.5 Å². The lowest BCUT2D eigenvalue weighted by Crippen LogP contribution is -2.24. The predicted molar refractivity (Wildman–Crippen MR) is 56.9 cm³/mol. The zero-order chi connectivity index (χ0) is 10.7. The highest BCUT2D eigenvalue weighted by molar-refractivity contribution is 5.00. The van der Waals surface area contributed by atoms with Crippen LogP contribution in [0.15, 0.2) is 12.3 Å². The molecule has 0 bridgehead atoms. The largest absolute Gasteiger partial charge is 0.393 e. The van der Waals surface area contributed by atoms with Crippen LogP contribution in [-0.4, -0.2) is 21.0 Å². The summed E-state index contributed by atoms with van der Waals surface area (Å²) in [5, 5.41) is 13.9. The van der Waals surface area contributed by atoms with Crippen molar-refractivity contribution in [1.29, 1.82) is 0 Å². The minimum absolute atomic E-state index is 0.267. The summed E-state index contributed by atoms with van der Waals surface area (Å²) < 4.78 is 1.80. The van der Waals surface area contributed by atoms with E-state index in [1.54, 1.807) is 4.68 Å². The molecule has 2 unspecified atom stereocenters. The Morgan fingerprint density at radius 3 is 2.43 bits per heavy atom. The molecule has 0 aromatic carbocycles. The van der Waals surface area contributed by atoms with E-state index in [9.17, 15) is 5.11 Å². The van der Waals surface area contributed by atoms with Crippen LogP contribution in [0.3, 0.4) is 0 Å². The number of nitrogens with zero attached hydrogens (tertiary/aromatic N) is 2. The fourth-order valence-electron chi connectivity index (χ4n) is 1.78. The van der Waals surface area contributed by atoms with Gasteiger partial charge in [-0.2, -0.15) is 5.10 Å². The number of hydrogen-bond acceptors (Lipinski definition) is 2. The first kappa shape index (κ1) is 11.2. The van der Waals surface area contributed by atoms with Crippen molar-refractivity contribution in [3.05, 3.63) is 18.0 Å². The minimum atomic E-state index is -0.267. The number of aryl methyl sites for hydroxylation is 1. The Balaban J connectivity index is 2.64. The Morgan fingerprint density at radius 1 is 1.43 bits per heavy atom. The molecule has 3 nitrogen and oxygen atoms in total. The topological polar surface area (TPSA) is 38.0 Å². The fraction of sp³-hybridized carbons (Fsp3) is 0.727. The average molecular weight is 196 g/mol. The molecule has 1 rings (SSSR count). The van der Waals surface area contributed by atoms with Crippen LogP contribution in [0.4, 0.5) is 0 Å². The molecule has 80 valence electrons. The smallest absolute Gasteiger partial charge is 0.0628 e. The Labute approximate surface area is 85.8 Å². The van der Waals surface area contributed by atoms with E-state index in [0.717, 1.165) is 12.1 Å². The van der Waals surface area contributed by atoms with Gasteiger partial charge in [0.05, 0.1) is 11.8 Å². The van der Waals surface area contributed by atoms with Gasteiger partial charge in [-0.05, 0) is 31.2 Å². The first-order chi connectivity index (χ1) is 6.50. The Bertz CT molecular complexity index is 271. The number of aliphatic hydroxyl groups excluding tert-OH is 1. The molecule has 1 aromatic rings. The quantitative estimate of drug-likeness (QED) is 0.794. The van der Waals surface area contributed by atoms with Gasteiger partial charge >= 0.3 is 0 Å². The van der Waals surface area contributed by atoms with Gasteiger partial charge in [0.1, 0.15) is 0 Å². The first-order valence-corrected chi connectivity index (χ1v) is 5.17. The number of aliphatic hydroxyl groups is 1. The van der Waals surface area contributed by atoms with Crippen molar-refractivity contribution < 1.29 is 5.11 Å². The molecule has 1 N–H and O–H groups in total. The average Bonchev–Trinajstić information content (AvgIpc) is 2.46. The third-order valence-electron chi connectivity index (χ3n) is 2.69.